The molecule has 4 heteroatoms. The number of rotatable bonds is 2. The molecule has 0 fully saturated rings. The minimum atomic E-state index is -0.0254. The second-order valence-corrected chi connectivity index (χ2v) is 4.23. The van der Waals surface area contributed by atoms with Crippen molar-refractivity contribution in [3.63, 3.8) is 0 Å². The zero-order valence-corrected chi connectivity index (χ0v) is 9.83. The van der Waals surface area contributed by atoms with Gasteiger partial charge in [0.2, 0.25) is 0 Å². The molecule has 18 heavy (non-hydrogen) atoms. The molecule has 1 aromatic carbocycles. The van der Waals surface area contributed by atoms with Crippen molar-refractivity contribution in [2.45, 2.75) is 13.1 Å². The van der Waals surface area contributed by atoms with Crippen molar-refractivity contribution in [1.29, 1.82) is 0 Å². The number of carbonyl (C=O) groups excluding carboxylic acids is 1. The van der Waals surface area contributed by atoms with E-state index in [0.29, 0.717) is 13.1 Å². The molecule has 0 spiro atoms. The van der Waals surface area contributed by atoms with Gasteiger partial charge in [-0.3, -0.25) is 4.79 Å². The van der Waals surface area contributed by atoms with E-state index in [1.807, 2.05) is 36.4 Å². The third kappa shape index (κ3) is 2.09. The van der Waals surface area contributed by atoms with Gasteiger partial charge in [-0.1, -0.05) is 18.2 Å². The average Bonchev–Trinajstić information content (AvgIpc) is 2.84. The van der Waals surface area contributed by atoms with Crippen molar-refractivity contribution >= 4 is 5.91 Å². The fraction of sp³-hybridized carbons (Fsp3) is 0.214. The number of hydrogen-bond acceptors (Lipinski definition) is 3. The molecule has 0 radical (unpaired) electrons. The number of nitrogens with zero attached hydrogens (tertiary/aromatic N) is 1. The Bertz CT molecular complexity index is 548. The van der Waals surface area contributed by atoms with E-state index < -0.39 is 0 Å². The van der Waals surface area contributed by atoms with Crippen LogP contribution in [0.5, 0.6) is 5.75 Å². The highest BCUT2D eigenvalue weighted by Crippen LogP contribution is 2.23. The van der Waals surface area contributed by atoms with Crippen LogP contribution in [0.15, 0.2) is 47.1 Å². The lowest BCUT2D eigenvalue weighted by atomic mass is 10.2. The fourth-order valence-corrected chi connectivity index (χ4v) is 2.03. The van der Waals surface area contributed by atoms with E-state index in [1.165, 1.54) is 0 Å². The van der Waals surface area contributed by atoms with Crippen LogP contribution in [0.4, 0.5) is 0 Å². The molecule has 0 unspecified atom stereocenters. The average molecular weight is 243 g/mol. The quantitative estimate of drug-likeness (QED) is 0.812. The maximum absolute atomic E-state index is 12.0. The van der Waals surface area contributed by atoms with Crippen molar-refractivity contribution in [2.75, 3.05) is 6.61 Å². The summed E-state index contributed by atoms with van der Waals surface area (Å²) in [7, 11) is 0. The van der Waals surface area contributed by atoms with Crippen molar-refractivity contribution in [3.8, 4) is 5.75 Å². The first-order valence-electron chi connectivity index (χ1n) is 5.84. The summed E-state index contributed by atoms with van der Waals surface area (Å²) in [5.41, 5.74) is 1.02. The van der Waals surface area contributed by atoms with E-state index >= 15 is 0 Å². The maximum atomic E-state index is 12.0. The van der Waals surface area contributed by atoms with Crippen LogP contribution in [0.2, 0.25) is 0 Å². The molecule has 92 valence electrons. The first kappa shape index (κ1) is 10.9. The first-order valence-corrected chi connectivity index (χ1v) is 5.84. The molecule has 1 aliphatic heterocycles. The Balaban J connectivity index is 1.84. The van der Waals surface area contributed by atoms with Crippen LogP contribution in [0.3, 0.4) is 0 Å². The summed E-state index contributed by atoms with van der Waals surface area (Å²) in [5, 5.41) is 0. The summed E-state index contributed by atoms with van der Waals surface area (Å²) in [6, 6.07) is 11.4. The summed E-state index contributed by atoms with van der Waals surface area (Å²) in [6.45, 7) is 1.11. The zero-order valence-electron chi connectivity index (χ0n) is 9.83. The van der Waals surface area contributed by atoms with E-state index in [4.69, 9.17) is 9.15 Å². The van der Waals surface area contributed by atoms with E-state index in [-0.39, 0.29) is 12.5 Å². The number of benzene rings is 1. The van der Waals surface area contributed by atoms with Crippen LogP contribution in [-0.4, -0.2) is 17.4 Å². The van der Waals surface area contributed by atoms with Crippen LogP contribution in [0.25, 0.3) is 0 Å². The molecule has 1 aromatic heterocycles. The highest BCUT2D eigenvalue weighted by atomic mass is 16.5. The molecular weight excluding hydrogens is 230 g/mol. The molecule has 0 atom stereocenters. The number of amides is 1. The predicted octanol–water partition coefficient (Wildman–Crippen LogP) is 2.20. The van der Waals surface area contributed by atoms with Crippen LogP contribution < -0.4 is 4.74 Å². The molecule has 0 saturated carbocycles. The summed E-state index contributed by atoms with van der Waals surface area (Å²) >= 11 is 0. The SMILES string of the molecule is O=C1COc2ccccc2CN1Cc1ccco1. The lowest BCUT2D eigenvalue weighted by Gasteiger charge is -2.18. The highest BCUT2D eigenvalue weighted by molar-refractivity contribution is 5.78. The fourth-order valence-electron chi connectivity index (χ4n) is 2.03. The van der Waals surface area contributed by atoms with E-state index in [1.54, 1.807) is 11.2 Å². The van der Waals surface area contributed by atoms with Crippen LogP contribution in [-0.2, 0) is 17.9 Å². The number of ether oxygens (including phenoxy) is 1. The Morgan fingerprint density at radius 2 is 2.06 bits per heavy atom. The molecule has 2 heterocycles. The lowest BCUT2D eigenvalue weighted by molar-refractivity contribution is -0.134. The second kappa shape index (κ2) is 4.56. The van der Waals surface area contributed by atoms with Gasteiger partial charge in [-0.25, -0.2) is 0 Å². The Kier molecular flexibility index (Phi) is 2.76. The molecule has 0 saturated heterocycles. The summed E-state index contributed by atoms with van der Waals surface area (Å²) in [5.74, 6) is 1.54. The Morgan fingerprint density at radius 1 is 1.17 bits per heavy atom. The number of furan rings is 1. The van der Waals surface area contributed by atoms with Gasteiger partial charge in [0.05, 0.1) is 12.8 Å². The normalized spacial score (nSPS) is 14.9. The van der Waals surface area contributed by atoms with Crippen molar-refractivity contribution in [1.82, 2.24) is 4.90 Å². The number of fused-ring (bicyclic) bond motifs is 1. The standard InChI is InChI=1S/C14H13NO3/c16-14-10-18-13-6-2-1-4-11(13)8-15(14)9-12-5-3-7-17-12/h1-7H,8-10H2. The van der Waals surface area contributed by atoms with Crippen LogP contribution in [0.1, 0.15) is 11.3 Å². The Morgan fingerprint density at radius 3 is 2.89 bits per heavy atom. The molecular formula is C14H13NO3. The third-order valence-corrected chi connectivity index (χ3v) is 2.96. The molecule has 0 N–H and O–H groups in total. The molecule has 4 nitrogen and oxygen atoms in total. The minimum Gasteiger partial charge on any atom is -0.483 e. The van der Waals surface area contributed by atoms with E-state index in [9.17, 15) is 4.79 Å². The largest absolute Gasteiger partial charge is 0.483 e. The van der Waals surface area contributed by atoms with E-state index in [2.05, 4.69) is 0 Å². The molecule has 1 aliphatic rings. The topological polar surface area (TPSA) is 42.7 Å². The van der Waals surface area contributed by atoms with Gasteiger partial charge < -0.3 is 14.1 Å². The molecule has 0 aliphatic carbocycles. The van der Waals surface area contributed by atoms with Gasteiger partial charge in [-0.2, -0.15) is 0 Å². The molecule has 0 bridgehead atoms. The maximum Gasteiger partial charge on any atom is 0.261 e. The van der Waals surface area contributed by atoms with Crippen LogP contribution in [0, 0.1) is 0 Å². The van der Waals surface area contributed by atoms with E-state index in [0.717, 1.165) is 17.1 Å². The first-order chi connectivity index (χ1) is 8.83. The summed E-state index contributed by atoms with van der Waals surface area (Å²) in [6.07, 6.45) is 1.61. The van der Waals surface area contributed by atoms with Gasteiger partial charge in [0.25, 0.3) is 5.91 Å². The van der Waals surface area contributed by atoms with Crippen LogP contribution >= 0.6 is 0 Å². The number of carbonyl (C=O) groups is 1. The number of hydrogen-bond donors (Lipinski definition) is 0. The predicted molar refractivity (Wildman–Crippen MR) is 64.9 cm³/mol. The number of para-hydroxylation sites is 1. The van der Waals surface area contributed by atoms with Crippen molar-refractivity contribution in [3.05, 3.63) is 54.0 Å². The second-order valence-electron chi connectivity index (χ2n) is 4.23. The monoisotopic (exact) mass is 243 g/mol. The highest BCUT2D eigenvalue weighted by Gasteiger charge is 2.21. The smallest absolute Gasteiger partial charge is 0.261 e. The Hall–Kier alpha value is -2.23. The van der Waals surface area contributed by atoms with Gasteiger partial charge in [-0.05, 0) is 18.2 Å². The van der Waals surface area contributed by atoms with Gasteiger partial charge >= 0.3 is 0 Å². The Labute approximate surface area is 105 Å². The molecule has 3 rings (SSSR count). The molecule has 1 amide bonds. The van der Waals surface area contributed by atoms with Crippen molar-refractivity contribution in [2.24, 2.45) is 0 Å². The third-order valence-electron chi connectivity index (χ3n) is 2.96. The summed E-state index contributed by atoms with van der Waals surface area (Å²) in [4.78, 5) is 13.7. The van der Waals surface area contributed by atoms with Gasteiger partial charge in [0.15, 0.2) is 6.61 Å². The van der Waals surface area contributed by atoms with Crippen molar-refractivity contribution < 1.29 is 13.9 Å². The summed E-state index contributed by atoms with van der Waals surface area (Å²) < 4.78 is 10.8. The lowest BCUT2D eigenvalue weighted by Crippen LogP contribution is -2.31. The van der Waals surface area contributed by atoms with Gasteiger partial charge in [0.1, 0.15) is 11.5 Å². The minimum absolute atomic E-state index is 0.0254. The molecule has 2 aromatic rings. The van der Waals surface area contributed by atoms with Gasteiger partial charge in [-0.15, -0.1) is 0 Å². The van der Waals surface area contributed by atoms with Gasteiger partial charge in [0, 0.05) is 12.1 Å². The zero-order chi connectivity index (χ0) is 12.4.